The van der Waals surface area contributed by atoms with Gasteiger partial charge in [0.1, 0.15) is 0 Å². The number of thiazole rings is 1. The molecule has 0 amide bonds. The summed E-state index contributed by atoms with van der Waals surface area (Å²) >= 11 is 7.01. The van der Waals surface area contributed by atoms with E-state index in [9.17, 15) is 13.2 Å². The Morgan fingerprint density at radius 3 is 2.37 bits per heavy atom. The molecule has 1 N–H and O–H groups in total. The molecule has 0 bridgehead atoms. The molecule has 30 heavy (non-hydrogen) atoms. The van der Waals surface area contributed by atoms with E-state index in [0.29, 0.717) is 16.3 Å². The molecular weight excluding hydrogens is 440 g/mol. The molecule has 1 saturated carbocycles. The summed E-state index contributed by atoms with van der Waals surface area (Å²) in [5, 5.41) is 0.646. The summed E-state index contributed by atoms with van der Waals surface area (Å²) in [6, 6.07) is 12.3. The monoisotopic (exact) mass is 464 g/mol. The zero-order valence-corrected chi connectivity index (χ0v) is 19.0. The summed E-state index contributed by atoms with van der Waals surface area (Å²) in [7, 11) is -3.62. The van der Waals surface area contributed by atoms with Gasteiger partial charge in [-0.3, -0.25) is 9.36 Å². The third-order valence-corrected chi connectivity index (χ3v) is 8.34. The van der Waals surface area contributed by atoms with Crippen LogP contribution in [0.15, 0.2) is 52.2 Å². The Hall–Kier alpha value is -1.67. The van der Waals surface area contributed by atoms with Crippen molar-refractivity contribution < 1.29 is 8.42 Å². The molecule has 0 aliphatic heterocycles. The fraction of sp³-hybridized carbons (Fsp3) is 0.409. The number of aromatic nitrogens is 1. The van der Waals surface area contributed by atoms with E-state index in [-0.39, 0.29) is 15.8 Å². The normalized spacial score (nSPS) is 16.4. The van der Waals surface area contributed by atoms with Gasteiger partial charge in [0.25, 0.3) is 0 Å². The maximum Gasteiger partial charge on any atom is 0.308 e. The van der Waals surface area contributed by atoms with Gasteiger partial charge >= 0.3 is 4.87 Å². The van der Waals surface area contributed by atoms with E-state index in [2.05, 4.69) is 4.72 Å². The highest BCUT2D eigenvalue weighted by Gasteiger charge is 2.22. The molecule has 0 atom stereocenters. The Bertz CT molecular complexity index is 1180. The van der Waals surface area contributed by atoms with Crippen molar-refractivity contribution in [1.82, 2.24) is 9.29 Å². The van der Waals surface area contributed by atoms with Crippen molar-refractivity contribution in [3.8, 4) is 0 Å². The lowest BCUT2D eigenvalue weighted by molar-refractivity contribution is 0.426. The van der Waals surface area contributed by atoms with E-state index >= 15 is 0 Å². The minimum atomic E-state index is -3.62. The second kappa shape index (κ2) is 9.22. The van der Waals surface area contributed by atoms with Gasteiger partial charge in [0.2, 0.25) is 10.0 Å². The van der Waals surface area contributed by atoms with Crippen LogP contribution in [-0.2, 0) is 16.6 Å². The maximum absolute atomic E-state index is 13.0. The average Bonchev–Trinajstić information content (AvgIpc) is 3.00. The molecule has 8 heteroatoms. The highest BCUT2D eigenvalue weighted by atomic mass is 35.5. The zero-order chi connectivity index (χ0) is 21.1. The van der Waals surface area contributed by atoms with Crippen LogP contribution in [0.2, 0.25) is 5.02 Å². The van der Waals surface area contributed by atoms with Crippen molar-refractivity contribution >= 4 is 43.2 Å². The Labute approximate surface area is 185 Å². The molecule has 0 spiro atoms. The van der Waals surface area contributed by atoms with Crippen molar-refractivity contribution in [3.05, 3.63) is 62.7 Å². The van der Waals surface area contributed by atoms with Crippen molar-refractivity contribution in [2.24, 2.45) is 0 Å². The number of sulfonamides is 1. The van der Waals surface area contributed by atoms with Crippen LogP contribution in [0.5, 0.6) is 0 Å². The maximum atomic E-state index is 13.0. The van der Waals surface area contributed by atoms with Crippen LogP contribution in [0.25, 0.3) is 10.2 Å². The summed E-state index contributed by atoms with van der Waals surface area (Å²) in [5.74, 6) is 0. The number of nitrogens with one attached hydrogen (secondary N) is 1. The van der Waals surface area contributed by atoms with E-state index in [1.54, 1.807) is 34.9 Å². The number of benzene rings is 2. The topological polar surface area (TPSA) is 68.2 Å². The molecule has 4 rings (SSSR count). The van der Waals surface area contributed by atoms with Gasteiger partial charge in [0, 0.05) is 11.1 Å². The standard InChI is InChI=1S/C22H25ClN2O3S2/c23-17-10-8-16(9-11-17)15-25-20-13-12-19(14-21(20)29-22(25)26)30(27,28)24-18-6-4-2-1-3-5-7-18/h8-14,18,24H,1-7,15H2. The van der Waals surface area contributed by atoms with Gasteiger partial charge in [-0.2, -0.15) is 0 Å². The van der Waals surface area contributed by atoms with E-state index < -0.39 is 10.0 Å². The fourth-order valence-corrected chi connectivity index (χ4v) is 6.46. The van der Waals surface area contributed by atoms with E-state index in [1.165, 1.54) is 19.3 Å². The first kappa shape index (κ1) is 21.6. The van der Waals surface area contributed by atoms with Crippen molar-refractivity contribution in [1.29, 1.82) is 0 Å². The van der Waals surface area contributed by atoms with Crippen LogP contribution in [0, 0.1) is 0 Å². The number of hydrogen-bond donors (Lipinski definition) is 1. The summed E-state index contributed by atoms with van der Waals surface area (Å²) in [6.45, 7) is 0.419. The molecule has 0 unspecified atom stereocenters. The van der Waals surface area contributed by atoms with Crippen LogP contribution >= 0.6 is 22.9 Å². The highest BCUT2D eigenvalue weighted by Crippen LogP contribution is 2.24. The molecule has 1 aromatic heterocycles. The summed E-state index contributed by atoms with van der Waals surface area (Å²) in [4.78, 5) is 12.7. The Morgan fingerprint density at radius 1 is 1.00 bits per heavy atom. The molecule has 1 heterocycles. The second-order valence-corrected chi connectivity index (χ2v) is 11.0. The van der Waals surface area contributed by atoms with Crippen LogP contribution in [-0.4, -0.2) is 19.0 Å². The number of hydrogen-bond acceptors (Lipinski definition) is 4. The molecule has 0 radical (unpaired) electrons. The summed E-state index contributed by atoms with van der Waals surface area (Å²) in [6.07, 6.45) is 7.45. The Morgan fingerprint density at radius 2 is 1.67 bits per heavy atom. The van der Waals surface area contributed by atoms with Crippen LogP contribution in [0.1, 0.15) is 50.5 Å². The first-order valence-corrected chi connectivity index (χ1v) is 13.0. The van der Waals surface area contributed by atoms with Gasteiger partial charge < -0.3 is 0 Å². The van der Waals surface area contributed by atoms with E-state index in [4.69, 9.17) is 11.6 Å². The van der Waals surface area contributed by atoms with Crippen molar-refractivity contribution in [3.63, 3.8) is 0 Å². The molecule has 3 aromatic rings. The van der Waals surface area contributed by atoms with Crippen molar-refractivity contribution in [2.45, 2.75) is 62.4 Å². The zero-order valence-electron chi connectivity index (χ0n) is 16.6. The van der Waals surface area contributed by atoms with Crippen LogP contribution in [0.3, 0.4) is 0 Å². The number of rotatable bonds is 5. The van der Waals surface area contributed by atoms with Gasteiger partial charge in [0.05, 0.1) is 21.7 Å². The highest BCUT2D eigenvalue weighted by molar-refractivity contribution is 7.89. The van der Waals surface area contributed by atoms with Crippen LogP contribution < -0.4 is 9.60 Å². The third-order valence-electron chi connectivity index (χ3n) is 5.63. The quantitative estimate of drug-likeness (QED) is 0.567. The minimum absolute atomic E-state index is 0.0146. The van der Waals surface area contributed by atoms with E-state index in [1.807, 2.05) is 12.1 Å². The fourth-order valence-electron chi connectivity index (χ4n) is 4.00. The first-order chi connectivity index (χ1) is 14.4. The molecule has 1 aliphatic carbocycles. The summed E-state index contributed by atoms with van der Waals surface area (Å²) in [5.41, 5.74) is 1.70. The van der Waals surface area contributed by atoms with Gasteiger partial charge in [-0.1, -0.05) is 67.2 Å². The molecule has 2 aromatic carbocycles. The number of fused-ring (bicyclic) bond motifs is 1. The smallest absolute Gasteiger partial charge is 0.294 e. The second-order valence-electron chi connectivity index (χ2n) is 7.87. The average molecular weight is 465 g/mol. The molecule has 160 valence electrons. The van der Waals surface area contributed by atoms with Gasteiger partial charge in [-0.25, -0.2) is 13.1 Å². The lowest BCUT2D eigenvalue weighted by atomic mass is 9.97. The lowest BCUT2D eigenvalue weighted by Crippen LogP contribution is -2.35. The minimum Gasteiger partial charge on any atom is -0.294 e. The number of halogens is 1. The Kier molecular flexibility index (Phi) is 6.63. The molecule has 0 saturated heterocycles. The predicted octanol–water partition coefficient (Wildman–Crippen LogP) is 5.16. The third kappa shape index (κ3) is 4.97. The van der Waals surface area contributed by atoms with Gasteiger partial charge in [0.15, 0.2) is 0 Å². The largest absolute Gasteiger partial charge is 0.308 e. The van der Waals surface area contributed by atoms with Gasteiger partial charge in [-0.15, -0.1) is 0 Å². The first-order valence-electron chi connectivity index (χ1n) is 10.3. The molecule has 1 aliphatic rings. The van der Waals surface area contributed by atoms with E-state index in [0.717, 1.165) is 48.1 Å². The molecule has 5 nitrogen and oxygen atoms in total. The predicted molar refractivity (Wildman–Crippen MR) is 123 cm³/mol. The lowest BCUT2D eigenvalue weighted by Gasteiger charge is -2.21. The number of nitrogens with zero attached hydrogens (tertiary/aromatic N) is 1. The SMILES string of the molecule is O=c1sc2cc(S(=O)(=O)NC3CCCCCCC3)ccc2n1Cc1ccc(Cl)cc1. The van der Waals surface area contributed by atoms with Crippen LogP contribution in [0.4, 0.5) is 0 Å². The van der Waals surface area contributed by atoms with Crippen molar-refractivity contribution in [2.75, 3.05) is 0 Å². The Balaban J connectivity index is 1.58. The van der Waals surface area contributed by atoms with Gasteiger partial charge in [-0.05, 0) is 48.7 Å². The molecule has 1 fully saturated rings. The summed E-state index contributed by atoms with van der Waals surface area (Å²) < 4.78 is 31.1. The molecular formula is C22H25ClN2O3S2.